The van der Waals surface area contributed by atoms with Gasteiger partial charge in [0, 0.05) is 12.5 Å². The molecule has 1 heterocycles. The molecule has 1 saturated heterocycles. The highest BCUT2D eigenvalue weighted by Crippen LogP contribution is 2.37. The van der Waals surface area contributed by atoms with E-state index in [9.17, 15) is 4.79 Å². The molecule has 68 valence electrons. The molecule has 1 unspecified atom stereocenters. The van der Waals surface area contributed by atoms with Crippen molar-refractivity contribution in [3.8, 4) is 0 Å². The zero-order valence-corrected chi connectivity index (χ0v) is 7.51. The van der Waals surface area contributed by atoms with E-state index in [4.69, 9.17) is 0 Å². The van der Waals surface area contributed by atoms with E-state index in [0.29, 0.717) is 11.8 Å². The Labute approximate surface area is 73.7 Å². The van der Waals surface area contributed by atoms with Crippen LogP contribution in [0.4, 0.5) is 0 Å². The van der Waals surface area contributed by atoms with Crippen LogP contribution in [-0.2, 0) is 4.79 Å². The van der Waals surface area contributed by atoms with Crippen LogP contribution in [0.3, 0.4) is 0 Å². The quantitative estimate of drug-likeness (QED) is 0.666. The Morgan fingerprint density at radius 2 is 2.08 bits per heavy atom. The molecule has 2 fully saturated rings. The minimum Gasteiger partial charge on any atom is -0.356 e. The first-order chi connectivity index (χ1) is 5.86. The minimum atomic E-state index is 0.319. The third-order valence-electron chi connectivity index (χ3n) is 2.96. The fourth-order valence-electron chi connectivity index (χ4n) is 1.98. The summed E-state index contributed by atoms with van der Waals surface area (Å²) in [6.07, 6.45) is 7.42. The Hall–Kier alpha value is -0.530. The van der Waals surface area contributed by atoms with Gasteiger partial charge in [0.15, 0.2) is 0 Å². The van der Waals surface area contributed by atoms with Crippen molar-refractivity contribution in [1.29, 1.82) is 0 Å². The van der Waals surface area contributed by atoms with Crippen LogP contribution in [-0.4, -0.2) is 12.5 Å². The Kier molecular flexibility index (Phi) is 2.33. The van der Waals surface area contributed by atoms with Crippen molar-refractivity contribution >= 4 is 5.91 Å². The smallest absolute Gasteiger partial charge is 0.223 e. The van der Waals surface area contributed by atoms with Gasteiger partial charge < -0.3 is 5.32 Å². The van der Waals surface area contributed by atoms with Crippen LogP contribution < -0.4 is 5.32 Å². The Morgan fingerprint density at radius 3 is 2.83 bits per heavy atom. The van der Waals surface area contributed by atoms with Crippen LogP contribution in [0.25, 0.3) is 0 Å². The van der Waals surface area contributed by atoms with Crippen molar-refractivity contribution in [2.45, 2.75) is 38.5 Å². The molecular weight excluding hydrogens is 150 g/mol. The molecule has 12 heavy (non-hydrogen) atoms. The van der Waals surface area contributed by atoms with E-state index in [0.717, 1.165) is 25.3 Å². The highest BCUT2D eigenvalue weighted by molar-refractivity contribution is 5.78. The minimum absolute atomic E-state index is 0.319. The summed E-state index contributed by atoms with van der Waals surface area (Å²) in [5, 5.41) is 2.99. The van der Waals surface area contributed by atoms with Crippen molar-refractivity contribution in [3.63, 3.8) is 0 Å². The van der Waals surface area contributed by atoms with Gasteiger partial charge in [-0.05, 0) is 25.2 Å². The highest BCUT2D eigenvalue weighted by Gasteiger charge is 2.29. The Morgan fingerprint density at radius 1 is 1.25 bits per heavy atom. The van der Waals surface area contributed by atoms with Gasteiger partial charge in [-0.2, -0.15) is 0 Å². The molecule has 2 nitrogen and oxygen atoms in total. The van der Waals surface area contributed by atoms with Crippen LogP contribution in [0.15, 0.2) is 0 Å². The maximum absolute atomic E-state index is 11.5. The van der Waals surface area contributed by atoms with Crippen molar-refractivity contribution in [2.24, 2.45) is 11.8 Å². The average molecular weight is 167 g/mol. The normalized spacial score (nSPS) is 31.0. The maximum atomic E-state index is 11.5. The third-order valence-corrected chi connectivity index (χ3v) is 2.96. The lowest BCUT2D eigenvalue weighted by Crippen LogP contribution is -2.29. The molecule has 0 aromatic heterocycles. The zero-order chi connectivity index (χ0) is 8.39. The van der Waals surface area contributed by atoms with E-state index in [1.54, 1.807) is 0 Å². The second-order valence-electron chi connectivity index (χ2n) is 4.16. The van der Waals surface area contributed by atoms with E-state index in [1.165, 1.54) is 25.7 Å². The van der Waals surface area contributed by atoms with Crippen LogP contribution in [0.2, 0.25) is 0 Å². The van der Waals surface area contributed by atoms with Crippen LogP contribution in [0, 0.1) is 11.8 Å². The predicted octanol–water partition coefficient (Wildman–Crippen LogP) is 1.70. The SMILES string of the molecule is O=C1NCCCCC1CC1CC1. The second kappa shape index (κ2) is 3.46. The summed E-state index contributed by atoms with van der Waals surface area (Å²) in [7, 11) is 0. The van der Waals surface area contributed by atoms with Gasteiger partial charge in [0.1, 0.15) is 0 Å². The molecule has 1 aliphatic heterocycles. The lowest BCUT2D eigenvalue weighted by atomic mass is 9.96. The van der Waals surface area contributed by atoms with Gasteiger partial charge in [-0.15, -0.1) is 0 Å². The zero-order valence-electron chi connectivity index (χ0n) is 7.51. The Bertz CT molecular complexity index is 175. The van der Waals surface area contributed by atoms with Crippen molar-refractivity contribution in [1.82, 2.24) is 5.32 Å². The third kappa shape index (κ3) is 1.99. The van der Waals surface area contributed by atoms with E-state index < -0.39 is 0 Å². The second-order valence-corrected chi connectivity index (χ2v) is 4.16. The summed E-state index contributed by atoms with van der Waals surface area (Å²) in [5.41, 5.74) is 0. The molecule has 0 radical (unpaired) electrons. The van der Waals surface area contributed by atoms with E-state index in [2.05, 4.69) is 5.32 Å². The molecule has 2 rings (SSSR count). The highest BCUT2D eigenvalue weighted by atomic mass is 16.1. The number of hydrogen-bond acceptors (Lipinski definition) is 1. The molecular formula is C10H17NO. The van der Waals surface area contributed by atoms with Gasteiger partial charge in [0.05, 0.1) is 0 Å². The fraction of sp³-hybridized carbons (Fsp3) is 0.900. The molecule has 1 saturated carbocycles. The summed E-state index contributed by atoms with van der Waals surface area (Å²) in [6.45, 7) is 0.903. The van der Waals surface area contributed by atoms with Gasteiger partial charge in [-0.1, -0.05) is 19.3 Å². The van der Waals surface area contributed by atoms with Crippen LogP contribution in [0.5, 0.6) is 0 Å². The number of hydrogen-bond donors (Lipinski definition) is 1. The molecule has 1 amide bonds. The first-order valence-electron chi connectivity index (χ1n) is 5.14. The largest absolute Gasteiger partial charge is 0.356 e. The summed E-state index contributed by atoms with van der Waals surface area (Å²) >= 11 is 0. The summed E-state index contributed by atoms with van der Waals surface area (Å²) < 4.78 is 0. The van der Waals surface area contributed by atoms with Crippen LogP contribution >= 0.6 is 0 Å². The first-order valence-corrected chi connectivity index (χ1v) is 5.14. The average Bonchev–Trinajstić information content (AvgIpc) is 2.84. The molecule has 1 atom stereocenters. The number of carbonyl (C=O) groups is 1. The maximum Gasteiger partial charge on any atom is 0.223 e. The molecule has 0 aromatic carbocycles. The molecule has 0 bridgehead atoms. The van der Waals surface area contributed by atoms with E-state index >= 15 is 0 Å². The summed E-state index contributed by atoms with van der Waals surface area (Å²) in [5.74, 6) is 1.55. The van der Waals surface area contributed by atoms with Gasteiger partial charge in [0.2, 0.25) is 5.91 Å². The fourth-order valence-corrected chi connectivity index (χ4v) is 1.98. The van der Waals surface area contributed by atoms with E-state index in [-0.39, 0.29) is 0 Å². The number of nitrogens with one attached hydrogen (secondary N) is 1. The van der Waals surface area contributed by atoms with Crippen LogP contribution in [0.1, 0.15) is 38.5 Å². The molecule has 0 spiro atoms. The predicted molar refractivity (Wildman–Crippen MR) is 47.7 cm³/mol. The van der Waals surface area contributed by atoms with Gasteiger partial charge in [-0.25, -0.2) is 0 Å². The lowest BCUT2D eigenvalue weighted by Gasteiger charge is -2.11. The summed E-state index contributed by atoms with van der Waals surface area (Å²) in [6, 6.07) is 0. The number of amides is 1. The molecule has 2 aliphatic rings. The lowest BCUT2D eigenvalue weighted by molar-refractivity contribution is -0.125. The van der Waals surface area contributed by atoms with E-state index in [1.807, 2.05) is 0 Å². The monoisotopic (exact) mass is 167 g/mol. The van der Waals surface area contributed by atoms with Gasteiger partial charge in [0.25, 0.3) is 0 Å². The topological polar surface area (TPSA) is 29.1 Å². The van der Waals surface area contributed by atoms with Crippen molar-refractivity contribution in [2.75, 3.05) is 6.54 Å². The molecule has 2 heteroatoms. The van der Waals surface area contributed by atoms with Crippen molar-refractivity contribution < 1.29 is 4.79 Å². The van der Waals surface area contributed by atoms with Gasteiger partial charge >= 0.3 is 0 Å². The summed E-state index contributed by atoms with van der Waals surface area (Å²) in [4.78, 5) is 11.5. The first kappa shape index (κ1) is 8.09. The van der Waals surface area contributed by atoms with Crippen molar-refractivity contribution in [3.05, 3.63) is 0 Å². The standard InChI is InChI=1S/C10H17NO/c12-10-9(7-8-4-5-8)3-1-2-6-11-10/h8-9H,1-7H2,(H,11,12). The molecule has 1 aliphatic carbocycles. The molecule has 1 N–H and O–H groups in total. The number of carbonyl (C=O) groups excluding carboxylic acids is 1. The van der Waals surface area contributed by atoms with Gasteiger partial charge in [-0.3, -0.25) is 4.79 Å². The Balaban J connectivity index is 1.85. The number of rotatable bonds is 2. The molecule has 0 aromatic rings.